The molecule has 0 radical (unpaired) electrons. The molecule has 1 aliphatic rings. The topological polar surface area (TPSA) is 49.2 Å². The van der Waals surface area contributed by atoms with Crippen LogP contribution in [0.25, 0.3) is 0 Å². The van der Waals surface area contributed by atoms with Crippen molar-refractivity contribution < 1.29 is 5.11 Å². The Kier molecular flexibility index (Phi) is 3.13. The van der Waals surface area contributed by atoms with E-state index in [0.29, 0.717) is 5.15 Å². The van der Waals surface area contributed by atoms with E-state index in [1.165, 1.54) is 0 Å². The fraction of sp³-hybridized carbons (Fsp3) is 0.778. The van der Waals surface area contributed by atoms with Crippen LogP contribution in [-0.2, 0) is 0 Å². The zero-order valence-electron chi connectivity index (χ0n) is 8.61. The normalized spacial score (nSPS) is 27.8. The average Bonchev–Trinajstić information content (AvgIpc) is 2.49. The average molecular weight is 248 g/mol. The molecule has 1 fully saturated rings. The minimum atomic E-state index is -0.551. The van der Waals surface area contributed by atoms with E-state index in [-0.39, 0.29) is 0 Å². The zero-order valence-corrected chi connectivity index (χ0v) is 10.2. The number of aliphatic hydroxyl groups is 1. The SMILES string of the molecule is CC1(O)CCCN(c2nsnc2Cl)CC1. The summed E-state index contributed by atoms with van der Waals surface area (Å²) in [6.07, 6.45) is 2.54. The Hall–Kier alpha value is -0.390. The lowest BCUT2D eigenvalue weighted by molar-refractivity contribution is 0.0481. The van der Waals surface area contributed by atoms with Gasteiger partial charge in [0.15, 0.2) is 11.0 Å². The number of halogens is 1. The summed E-state index contributed by atoms with van der Waals surface area (Å²) < 4.78 is 8.12. The molecule has 2 heterocycles. The Bertz CT molecular complexity index is 342. The molecule has 0 bridgehead atoms. The molecule has 15 heavy (non-hydrogen) atoms. The van der Waals surface area contributed by atoms with Crippen molar-refractivity contribution in [1.82, 2.24) is 8.75 Å². The van der Waals surface area contributed by atoms with Crippen molar-refractivity contribution in [2.45, 2.75) is 31.8 Å². The van der Waals surface area contributed by atoms with Gasteiger partial charge >= 0.3 is 0 Å². The summed E-state index contributed by atoms with van der Waals surface area (Å²) in [7, 11) is 0. The van der Waals surface area contributed by atoms with Crippen LogP contribution in [-0.4, -0.2) is 32.5 Å². The van der Waals surface area contributed by atoms with Crippen LogP contribution in [0.4, 0.5) is 5.82 Å². The van der Waals surface area contributed by atoms with Gasteiger partial charge in [-0.1, -0.05) is 11.6 Å². The third-order valence-electron chi connectivity index (χ3n) is 2.80. The molecule has 1 aromatic heterocycles. The highest BCUT2D eigenvalue weighted by atomic mass is 35.5. The second-order valence-electron chi connectivity index (χ2n) is 4.22. The number of hydrogen-bond donors (Lipinski definition) is 1. The van der Waals surface area contributed by atoms with Gasteiger partial charge in [-0.05, 0) is 26.2 Å². The molecule has 2 rings (SSSR count). The van der Waals surface area contributed by atoms with Gasteiger partial charge < -0.3 is 10.0 Å². The maximum atomic E-state index is 9.95. The largest absolute Gasteiger partial charge is 0.390 e. The summed E-state index contributed by atoms with van der Waals surface area (Å²) in [4.78, 5) is 2.10. The van der Waals surface area contributed by atoms with Crippen molar-refractivity contribution in [3.05, 3.63) is 5.15 Å². The fourth-order valence-electron chi connectivity index (χ4n) is 1.84. The van der Waals surface area contributed by atoms with E-state index in [1.807, 2.05) is 6.92 Å². The smallest absolute Gasteiger partial charge is 0.187 e. The maximum Gasteiger partial charge on any atom is 0.187 e. The summed E-state index contributed by atoms with van der Waals surface area (Å²) in [5.74, 6) is 0.763. The molecule has 1 N–H and O–H groups in total. The first-order chi connectivity index (χ1) is 7.08. The third-order valence-corrected chi connectivity index (χ3v) is 3.67. The lowest BCUT2D eigenvalue weighted by Crippen LogP contribution is -2.28. The molecule has 1 atom stereocenters. The lowest BCUT2D eigenvalue weighted by atomic mass is 9.98. The Balaban J connectivity index is 2.09. The second-order valence-corrected chi connectivity index (χ2v) is 5.10. The Morgan fingerprint density at radius 1 is 1.40 bits per heavy atom. The van der Waals surface area contributed by atoms with Crippen molar-refractivity contribution in [3.8, 4) is 0 Å². The highest BCUT2D eigenvalue weighted by Gasteiger charge is 2.26. The first-order valence-corrected chi connectivity index (χ1v) is 6.15. The van der Waals surface area contributed by atoms with E-state index in [0.717, 1.165) is 49.9 Å². The molecule has 1 aliphatic heterocycles. The number of nitrogens with zero attached hydrogens (tertiary/aromatic N) is 3. The van der Waals surface area contributed by atoms with Crippen LogP contribution < -0.4 is 4.90 Å². The molecule has 1 unspecified atom stereocenters. The molecule has 0 aromatic carbocycles. The molecule has 0 saturated carbocycles. The number of aromatic nitrogens is 2. The summed E-state index contributed by atoms with van der Waals surface area (Å²) in [5, 5.41) is 10.4. The van der Waals surface area contributed by atoms with Crippen molar-refractivity contribution in [2.75, 3.05) is 18.0 Å². The van der Waals surface area contributed by atoms with E-state index < -0.39 is 5.60 Å². The van der Waals surface area contributed by atoms with Crippen molar-refractivity contribution in [3.63, 3.8) is 0 Å². The monoisotopic (exact) mass is 247 g/mol. The van der Waals surface area contributed by atoms with Crippen LogP contribution in [0.15, 0.2) is 0 Å². The van der Waals surface area contributed by atoms with Gasteiger partial charge in [0.1, 0.15) is 0 Å². The third kappa shape index (κ3) is 2.59. The standard InChI is InChI=1S/C9H14ClN3OS/c1-9(14)3-2-5-13(6-4-9)8-7(10)11-15-12-8/h14H,2-6H2,1H3. The first-order valence-electron chi connectivity index (χ1n) is 5.04. The van der Waals surface area contributed by atoms with Crippen LogP contribution >= 0.6 is 23.3 Å². The first kappa shape index (κ1) is 11.1. The van der Waals surface area contributed by atoms with Gasteiger partial charge in [0, 0.05) is 13.1 Å². The zero-order chi connectivity index (χ0) is 10.9. The van der Waals surface area contributed by atoms with Gasteiger partial charge in [-0.3, -0.25) is 0 Å². The second kappa shape index (κ2) is 4.23. The van der Waals surface area contributed by atoms with E-state index in [1.54, 1.807) is 0 Å². The molecular weight excluding hydrogens is 234 g/mol. The summed E-state index contributed by atoms with van der Waals surface area (Å²) >= 11 is 7.06. The number of anilines is 1. The lowest BCUT2D eigenvalue weighted by Gasteiger charge is -2.22. The predicted octanol–water partition coefficient (Wildman–Crippen LogP) is 1.93. The molecule has 6 heteroatoms. The van der Waals surface area contributed by atoms with Gasteiger partial charge in [-0.25, -0.2) is 0 Å². The van der Waals surface area contributed by atoms with E-state index in [4.69, 9.17) is 11.6 Å². The van der Waals surface area contributed by atoms with Gasteiger partial charge in [-0.2, -0.15) is 8.75 Å². The Morgan fingerprint density at radius 2 is 2.20 bits per heavy atom. The fourth-order valence-corrected chi connectivity index (χ4v) is 2.61. The van der Waals surface area contributed by atoms with E-state index in [2.05, 4.69) is 13.6 Å². The molecule has 4 nitrogen and oxygen atoms in total. The van der Waals surface area contributed by atoms with Crippen LogP contribution in [0.5, 0.6) is 0 Å². The van der Waals surface area contributed by atoms with Gasteiger partial charge in [0.05, 0.1) is 17.3 Å². The van der Waals surface area contributed by atoms with Gasteiger partial charge in [-0.15, -0.1) is 0 Å². The van der Waals surface area contributed by atoms with Crippen LogP contribution in [0.1, 0.15) is 26.2 Å². The molecular formula is C9H14ClN3OS. The maximum absolute atomic E-state index is 9.95. The number of rotatable bonds is 1. The summed E-state index contributed by atoms with van der Waals surface area (Å²) in [6, 6.07) is 0. The number of hydrogen-bond acceptors (Lipinski definition) is 5. The molecule has 1 aromatic rings. The van der Waals surface area contributed by atoms with Crippen molar-refractivity contribution in [2.24, 2.45) is 0 Å². The van der Waals surface area contributed by atoms with E-state index in [9.17, 15) is 5.11 Å². The van der Waals surface area contributed by atoms with Crippen LogP contribution in [0.2, 0.25) is 5.15 Å². The minimum absolute atomic E-state index is 0.474. The summed E-state index contributed by atoms with van der Waals surface area (Å²) in [5.41, 5.74) is -0.551. The summed E-state index contributed by atoms with van der Waals surface area (Å²) in [6.45, 7) is 3.57. The molecule has 0 spiro atoms. The Morgan fingerprint density at radius 3 is 2.87 bits per heavy atom. The predicted molar refractivity (Wildman–Crippen MR) is 61.6 cm³/mol. The van der Waals surface area contributed by atoms with Crippen molar-refractivity contribution >= 4 is 29.1 Å². The minimum Gasteiger partial charge on any atom is -0.390 e. The van der Waals surface area contributed by atoms with Gasteiger partial charge in [0.2, 0.25) is 0 Å². The van der Waals surface area contributed by atoms with E-state index >= 15 is 0 Å². The molecule has 0 aliphatic carbocycles. The molecule has 1 saturated heterocycles. The highest BCUT2D eigenvalue weighted by Crippen LogP contribution is 2.28. The van der Waals surface area contributed by atoms with Crippen LogP contribution in [0.3, 0.4) is 0 Å². The quantitative estimate of drug-likeness (QED) is 0.824. The highest BCUT2D eigenvalue weighted by molar-refractivity contribution is 6.99. The van der Waals surface area contributed by atoms with Crippen LogP contribution in [0, 0.1) is 0 Å². The molecule has 0 amide bonds. The van der Waals surface area contributed by atoms with Crippen molar-refractivity contribution in [1.29, 1.82) is 0 Å². The molecule has 84 valence electrons. The Labute approximate surface area is 98.2 Å². The van der Waals surface area contributed by atoms with Gasteiger partial charge in [0.25, 0.3) is 0 Å².